The predicted octanol–water partition coefficient (Wildman–Crippen LogP) is 1.84. The number of nitrogens with two attached hydrogens (primary N) is 1. The number of aliphatic carboxylic acids is 1. The molecule has 0 saturated carbocycles. The second-order valence-corrected chi connectivity index (χ2v) is 10.8. The zero-order valence-electron chi connectivity index (χ0n) is 24.0. The second-order valence-electron chi connectivity index (χ2n) is 10.8. The molecule has 0 aliphatic heterocycles. The minimum atomic E-state index is -1.17. The van der Waals surface area contributed by atoms with Gasteiger partial charge in [0.15, 0.2) is 0 Å². The number of aromatic hydroxyl groups is 2. The van der Waals surface area contributed by atoms with E-state index < -0.39 is 47.9 Å². The Morgan fingerprint density at radius 3 is 1.68 bits per heavy atom. The lowest BCUT2D eigenvalue weighted by Gasteiger charge is -2.28. The molecular formula is C30H42N4O7. The Morgan fingerprint density at radius 2 is 1.22 bits per heavy atom. The molecule has 0 aliphatic carbocycles. The highest BCUT2D eigenvalue weighted by molar-refractivity contribution is 5.94. The first-order valence-corrected chi connectivity index (χ1v) is 13.8. The number of carbonyl (C=O) groups excluding carboxylic acids is 3. The van der Waals surface area contributed by atoms with Crippen LogP contribution in [-0.2, 0) is 32.0 Å². The zero-order chi connectivity index (χ0) is 30.7. The van der Waals surface area contributed by atoms with Crippen molar-refractivity contribution in [3.05, 3.63) is 59.7 Å². The Labute approximate surface area is 240 Å². The van der Waals surface area contributed by atoms with Crippen molar-refractivity contribution >= 4 is 23.7 Å². The van der Waals surface area contributed by atoms with Gasteiger partial charge in [-0.25, -0.2) is 4.79 Å². The number of carboxylic acids is 1. The fraction of sp³-hybridized carbons (Fsp3) is 0.467. The average molecular weight is 571 g/mol. The van der Waals surface area contributed by atoms with E-state index in [2.05, 4.69) is 16.0 Å². The van der Waals surface area contributed by atoms with Crippen molar-refractivity contribution in [1.82, 2.24) is 16.0 Å². The van der Waals surface area contributed by atoms with E-state index in [1.807, 2.05) is 20.8 Å². The lowest BCUT2D eigenvalue weighted by molar-refractivity contribution is -0.143. The smallest absolute Gasteiger partial charge is 0.326 e. The van der Waals surface area contributed by atoms with Crippen molar-refractivity contribution in [2.45, 2.75) is 77.5 Å². The predicted molar refractivity (Wildman–Crippen MR) is 154 cm³/mol. The first kappa shape index (κ1) is 33.1. The van der Waals surface area contributed by atoms with Gasteiger partial charge in [-0.1, -0.05) is 58.4 Å². The molecule has 224 valence electrons. The van der Waals surface area contributed by atoms with Crippen molar-refractivity contribution in [2.75, 3.05) is 0 Å². The van der Waals surface area contributed by atoms with Crippen LogP contribution >= 0.6 is 0 Å². The summed E-state index contributed by atoms with van der Waals surface area (Å²) in [5.74, 6) is -3.23. The highest BCUT2D eigenvalue weighted by Crippen LogP contribution is 2.15. The highest BCUT2D eigenvalue weighted by Gasteiger charge is 2.33. The van der Waals surface area contributed by atoms with E-state index in [1.54, 1.807) is 31.2 Å². The third kappa shape index (κ3) is 10.8. The molecule has 0 aromatic heterocycles. The zero-order valence-corrected chi connectivity index (χ0v) is 24.0. The molecule has 41 heavy (non-hydrogen) atoms. The molecule has 2 rings (SSSR count). The van der Waals surface area contributed by atoms with Gasteiger partial charge in [0.25, 0.3) is 0 Å². The Bertz CT molecular complexity index is 1170. The fourth-order valence-electron chi connectivity index (χ4n) is 4.24. The maximum Gasteiger partial charge on any atom is 0.326 e. The molecule has 0 fully saturated rings. The molecular weight excluding hydrogens is 528 g/mol. The van der Waals surface area contributed by atoms with Gasteiger partial charge >= 0.3 is 5.97 Å². The van der Waals surface area contributed by atoms with Crippen LogP contribution in [0.25, 0.3) is 0 Å². The summed E-state index contributed by atoms with van der Waals surface area (Å²) in [5, 5.41) is 36.7. The van der Waals surface area contributed by atoms with E-state index in [0.717, 1.165) is 0 Å². The monoisotopic (exact) mass is 570 g/mol. The summed E-state index contributed by atoms with van der Waals surface area (Å²) in [7, 11) is 0. The summed E-state index contributed by atoms with van der Waals surface area (Å²) in [6.07, 6.45) is 0.946. The molecule has 11 nitrogen and oxygen atoms in total. The summed E-state index contributed by atoms with van der Waals surface area (Å²) < 4.78 is 0. The van der Waals surface area contributed by atoms with Gasteiger partial charge in [-0.15, -0.1) is 0 Å². The van der Waals surface area contributed by atoms with Crippen LogP contribution < -0.4 is 21.7 Å². The van der Waals surface area contributed by atoms with Crippen LogP contribution in [0.1, 0.15) is 51.7 Å². The van der Waals surface area contributed by atoms with Gasteiger partial charge in [0, 0.05) is 6.42 Å². The van der Waals surface area contributed by atoms with Gasteiger partial charge < -0.3 is 37.0 Å². The standard InChI is InChI=1S/C30H42N4O7/c1-5-18(4)26(29(39)33-25(30(40)41)14-17(2)3)34-28(38)24(16-20-8-12-22(36)13-9-20)32-27(37)23(31)15-19-6-10-21(35)11-7-19/h6-13,17-18,23-26,35-36H,5,14-16,31H2,1-4H3,(H,32,37)(H,33,39)(H,34,38)(H,40,41). The van der Waals surface area contributed by atoms with E-state index in [9.17, 15) is 34.5 Å². The van der Waals surface area contributed by atoms with Gasteiger partial charge in [-0.2, -0.15) is 0 Å². The molecule has 0 radical (unpaired) electrons. The number of hydrogen-bond donors (Lipinski definition) is 7. The Kier molecular flexibility index (Phi) is 12.6. The third-order valence-electron chi connectivity index (χ3n) is 6.85. The number of carbonyl (C=O) groups is 4. The first-order chi connectivity index (χ1) is 19.3. The van der Waals surface area contributed by atoms with Gasteiger partial charge in [-0.05, 0) is 60.1 Å². The van der Waals surface area contributed by atoms with Crippen LogP contribution in [0.15, 0.2) is 48.5 Å². The minimum Gasteiger partial charge on any atom is -0.508 e. The van der Waals surface area contributed by atoms with Gasteiger partial charge in [-0.3, -0.25) is 14.4 Å². The Balaban J connectivity index is 2.25. The topological polar surface area (TPSA) is 191 Å². The maximum absolute atomic E-state index is 13.6. The molecule has 0 aliphatic rings. The summed E-state index contributed by atoms with van der Waals surface area (Å²) in [6, 6.07) is 8.10. The molecule has 0 heterocycles. The molecule has 0 spiro atoms. The molecule has 2 aromatic rings. The number of rotatable bonds is 15. The fourth-order valence-corrected chi connectivity index (χ4v) is 4.24. The summed E-state index contributed by atoms with van der Waals surface area (Å²) in [6.45, 7) is 7.31. The quantitative estimate of drug-likeness (QED) is 0.169. The van der Waals surface area contributed by atoms with E-state index in [4.69, 9.17) is 5.73 Å². The van der Waals surface area contributed by atoms with E-state index in [1.165, 1.54) is 24.3 Å². The molecule has 0 bridgehead atoms. The second kappa shape index (κ2) is 15.6. The number of carboxylic acid groups (broad SMARTS) is 1. The summed E-state index contributed by atoms with van der Waals surface area (Å²) in [5.41, 5.74) is 7.49. The Morgan fingerprint density at radius 1 is 0.732 bits per heavy atom. The van der Waals surface area contributed by atoms with Gasteiger partial charge in [0.05, 0.1) is 6.04 Å². The number of amides is 3. The molecule has 2 aromatic carbocycles. The largest absolute Gasteiger partial charge is 0.508 e. The van der Waals surface area contributed by atoms with Crippen molar-refractivity contribution in [3.8, 4) is 11.5 Å². The van der Waals surface area contributed by atoms with Crippen molar-refractivity contribution in [1.29, 1.82) is 0 Å². The molecule has 5 unspecified atom stereocenters. The number of phenols is 2. The molecule has 11 heteroatoms. The molecule has 0 saturated heterocycles. The van der Waals surface area contributed by atoms with Crippen LogP contribution in [0.4, 0.5) is 0 Å². The SMILES string of the molecule is CCC(C)C(NC(=O)C(Cc1ccc(O)cc1)NC(=O)C(N)Cc1ccc(O)cc1)C(=O)NC(CC(C)C)C(=O)O. The van der Waals surface area contributed by atoms with E-state index in [0.29, 0.717) is 17.5 Å². The molecule has 5 atom stereocenters. The van der Waals surface area contributed by atoms with Gasteiger partial charge in [0.2, 0.25) is 17.7 Å². The highest BCUT2D eigenvalue weighted by atomic mass is 16.4. The van der Waals surface area contributed by atoms with Crippen LogP contribution in [-0.4, -0.2) is 63.2 Å². The maximum atomic E-state index is 13.6. The number of phenolic OH excluding ortho intramolecular Hbond substituents is 2. The van der Waals surface area contributed by atoms with Crippen molar-refractivity contribution in [3.63, 3.8) is 0 Å². The number of benzene rings is 2. The van der Waals surface area contributed by atoms with Crippen LogP contribution in [0.2, 0.25) is 0 Å². The van der Waals surface area contributed by atoms with Crippen molar-refractivity contribution in [2.24, 2.45) is 17.6 Å². The third-order valence-corrected chi connectivity index (χ3v) is 6.85. The van der Waals surface area contributed by atoms with E-state index in [-0.39, 0.29) is 42.6 Å². The first-order valence-electron chi connectivity index (χ1n) is 13.8. The normalized spacial score (nSPS) is 14.8. The lowest BCUT2D eigenvalue weighted by atomic mass is 9.96. The Hall–Kier alpha value is -4.12. The molecule has 3 amide bonds. The summed E-state index contributed by atoms with van der Waals surface area (Å²) in [4.78, 5) is 51.6. The van der Waals surface area contributed by atoms with Crippen molar-refractivity contribution < 1.29 is 34.5 Å². The van der Waals surface area contributed by atoms with E-state index >= 15 is 0 Å². The lowest BCUT2D eigenvalue weighted by Crippen LogP contribution is -2.59. The van der Waals surface area contributed by atoms with Gasteiger partial charge in [0.1, 0.15) is 29.6 Å². The number of nitrogens with one attached hydrogen (secondary N) is 3. The van der Waals surface area contributed by atoms with Crippen LogP contribution in [0.3, 0.4) is 0 Å². The molecule has 8 N–H and O–H groups in total. The summed E-state index contributed by atoms with van der Waals surface area (Å²) >= 11 is 0. The van der Waals surface area contributed by atoms with Crippen LogP contribution in [0, 0.1) is 11.8 Å². The average Bonchev–Trinajstić information content (AvgIpc) is 2.92. The minimum absolute atomic E-state index is 0.0173. The van der Waals surface area contributed by atoms with Crippen LogP contribution in [0.5, 0.6) is 11.5 Å². The number of hydrogen-bond acceptors (Lipinski definition) is 7.